The Morgan fingerprint density at radius 3 is 2.67 bits per heavy atom. The Hall–Kier alpha value is -0.610. The molecule has 0 aromatic carbocycles. The topological polar surface area (TPSA) is 50.4 Å². The molecule has 4 heteroatoms. The van der Waals surface area contributed by atoms with Crippen LogP contribution in [0.4, 0.5) is 0 Å². The molecule has 1 heterocycles. The van der Waals surface area contributed by atoms with Gasteiger partial charge in [-0.2, -0.15) is 0 Å². The van der Waals surface area contributed by atoms with E-state index >= 15 is 0 Å². The van der Waals surface area contributed by atoms with Crippen molar-refractivity contribution in [3.8, 4) is 0 Å². The maximum absolute atomic E-state index is 11.9. The van der Waals surface area contributed by atoms with E-state index in [1.54, 1.807) is 7.11 Å². The lowest BCUT2D eigenvalue weighted by atomic mass is 9.95. The molecule has 15 heavy (non-hydrogen) atoms. The third-order valence-electron chi connectivity index (χ3n) is 2.82. The van der Waals surface area contributed by atoms with Gasteiger partial charge >= 0.3 is 0 Å². The van der Waals surface area contributed by atoms with Gasteiger partial charge in [-0.3, -0.25) is 4.79 Å². The average molecular weight is 214 g/mol. The van der Waals surface area contributed by atoms with Crippen LogP contribution in [0.1, 0.15) is 20.8 Å². The number of carbonyl (C=O) groups is 1. The number of hydrogen-bond donors (Lipinski definition) is 2. The van der Waals surface area contributed by atoms with E-state index in [1.807, 2.05) is 13.8 Å². The van der Waals surface area contributed by atoms with Gasteiger partial charge < -0.3 is 15.4 Å². The summed E-state index contributed by atoms with van der Waals surface area (Å²) in [4.78, 5) is 11.9. The Morgan fingerprint density at radius 1 is 1.53 bits per heavy atom. The van der Waals surface area contributed by atoms with E-state index in [4.69, 9.17) is 4.74 Å². The molecule has 1 aliphatic heterocycles. The summed E-state index contributed by atoms with van der Waals surface area (Å²) in [5.74, 6) is 0.652. The molecule has 1 amide bonds. The Balaban J connectivity index is 2.47. The number of ether oxygens (including phenoxy) is 1. The Labute approximate surface area is 91.8 Å². The fourth-order valence-electron chi connectivity index (χ4n) is 1.98. The van der Waals surface area contributed by atoms with Gasteiger partial charge in [-0.1, -0.05) is 6.92 Å². The molecule has 1 fully saturated rings. The first-order valence-electron chi connectivity index (χ1n) is 5.48. The summed E-state index contributed by atoms with van der Waals surface area (Å²) in [6.45, 7) is 8.31. The molecule has 88 valence electrons. The van der Waals surface area contributed by atoms with Crippen LogP contribution in [0.2, 0.25) is 0 Å². The van der Waals surface area contributed by atoms with Gasteiger partial charge in [-0.25, -0.2) is 0 Å². The standard InChI is InChI=1S/C11H22N2O2/c1-8-5-12-6-9(8)10(14)13-11(2,3)7-15-4/h8-9,12H,5-7H2,1-4H3,(H,13,14)/t8-,9-/m1/s1. The second-order valence-corrected chi connectivity index (χ2v) is 5.05. The van der Waals surface area contributed by atoms with Gasteiger partial charge in [0.05, 0.1) is 18.1 Å². The number of carbonyl (C=O) groups excluding carboxylic acids is 1. The maximum atomic E-state index is 11.9. The summed E-state index contributed by atoms with van der Waals surface area (Å²) in [5.41, 5.74) is -0.284. The van der Waals surface area contributed by atoms with Gasteiger partial charge in [0.15, 0.2) is 0 Å². The molecule has 0 saturated carbocycles. The summed E-state index contributed by atoms with van der Waals surface area (Å²) in [6, 6.07) is 0. The Bertz CT molecular complexity index is 229. The molecule has 4 nitrogen and oxygen atoms in total. The van der Waals surface area contributed by atoms with Gasteiger partial charge in [-0.05, 0) is 26.3 Å². The van der Waals surface area contributed by atoms with E-state index in [2.05, 4.69) is 17.6 Å². The highest BCUT2D eigenvalue weighted by atomic mass is 16.5. The van der Waals surface area contributed by atoms with Gasteiger partial charge in [-0.15, -0.1) is 0 Å². The van der Waals surface area contributed by atoms with Gasteiger partial charge in [0.2, 0.25) is 5.91 Å². The predicted molar refractivity (Wildman–Crippen MR) is 59.6 cm³/mol. The summed E-state index contributed by atoms with van der Waals surface area (Å²) < 4.78 is 5.07. The lowest BCUT2D eigenvalue weighted by molar-refractivity contribution is -0.127. The molecule has 0 radical (unpaired) electrons. The molecule has 0 aromatic rings. The lowest BCUT2D eigenvalue weighted by Crippen LogP contribution is -2.50. The molecule has 0 aliphatic carbocycles. The van der Waals surface area contributed by atoms with E-state index < -0.39 is 0 Å². The minimum atomic E-state index is -0.284. The quantitative estimate of drug-likeness (QED) is 0.711. The van der Waals surface area contributed by atoms with Crippen LogP contribution in [-0.4, -0.2) is 38.3 Å². The molecule has 1 rings (SSSR count). The average Bonchev–Trinajstić information content (AvgIpc) is 2.50. The fourth-order valence-corrected chi connectivity index (χ4v) is 1.98. The first-order chi connectivity index (χ1) is 6.96. The molecule has 0 aromatic heterocycles. The predicted octanol–water partition coefficient (Wildman–Crippen LogP) is 0.383. The van der Waals surface area contributed by atoms with E-state index in [0.29, 0.717) is 12.5 Å². The molecule has 1 saturated heterocycles. The summed E-state index contributed by atoms with van der Waals surface area (Å²) in [6.07, 6.45) is 0. The summed E-state index contributed by atoms with van der Waals surface area (Å²) in [7, 11) is 1.65. The molecule has 0 unspecified atom stereocenters. The zero-order valence-electron chi connectivity index (χ0n) is 10.1. The van der Waals surface area contributed by atoms with Gasteiger partial charge in [0.25, 0.3) is 0 Å². The monoisotopic (exact) mass is 214 g/mol. The zero-order valence-corrected chi connectivity index (χ0v) is 10.1. The van der Waals surface area contributed by atoms with Crippen LogP contribution >= 0.6 is 0 Å². The Morgan fingerprint density at radius 2 is 2.20 bits per heavy atom. The fraction of sp³-hybridized carbons (Fsp3) is 0.909. The second-order valence-electron chi connectivity index (χ2n) is 5.05. The molecule has 1 aliphatic rings. The third-order valence-corrected chi connectivity index (χ3v) is 2.82. The molecule has 0 spiro atoms. The van der Waals surface area contributed by atoms with Crippen molar-refractivity contribution in [1.82, 2.24) is 10.6 Å². The molecule has 2 N–H and O–H groups in total. The summed E-state index contributed by atoms with van der Waals surface area (Å²) in [5, 5.41) is 6.25. The smallest absolute Gasteiger partial charge is 0.225 e. The van der Waals surface area contributed by atoms with Gasteiger partial charge in [0, 0.05) is 13.7 Å². The minimum absolute atomic E-state index is 0.0983. The van der Waals surface area contributed by atoms with E-state index in [0.717, 1.165) is 13.1 Å². The Kier molecular flexibility index (Phi) is 4.11. The number of methoxy groups -OCH3 is 1. The van der Waals surface area contributed by atoms with Crippen LogP contribution in [0.5, 0.6) is 0 Å². The normalized spacial score (nSPS) is 26.7. The van der Waals surface area contributed by atoms with Crippen LogP contribution in [0.3, 0.4) is 0 Å². The van der Waals surface area contributed by atoms with Crippen molar-refractivity contribution in [3.05, 3.63) is 0 Å². The van der Waals surface area contributed by atoms with Crippen molar-refractivity contribution < 1.29 is 9.53 Å². The van der Waals surface area contributed by atoms with Crippen molar-refractivity contribution >= 4 is 5.91 Å². The van der Waals surface area contributed by atoms with Crippen molar-refractivity contribution in [3.63, 3.8) is 0 Å². The SMILES string of the molecule is COCC(C)(C)NC(=O)[C@@H]1CNC[C@H]1C. The highest BCUT2D eigenvalue weighted by Gasteiger charge is 2.32. The maximum Gasteiger partial charge on any atom is 0.225 e. The molecule has 0 bridgehead atoms. The first-order valence-corrected chi connectivity index (χ1v) is 5.48. The lowest BCUT2D eigenvalue weighted by Gasteiger charge is -2.27. The highest BCUT2D eigenvalue weighted by Crippen LogP contribution is 2.17. The van der Waals surface area contributed by atoms with Crippen molar-refractivity contribution in [1.29, 1.82) is 0 Å². The second kappa shape index (κ2) is 4.94. The number of amides is 1. The van der Waals surface area contributed by atoms with E-state index in [1.165, 1.54) is 0 Å². The van der Waals surface area contributed by atoms with Crippen LogP contribution in [0, 0.1) is 11.8 Å². The van der Waals surface area contributed by atoms with Crippen LogP contribution in [-0.2, 0) is 9.53 Å². The summed E-state index contributed by atoms with van der Waals surface area (Å²) >= 11 is 0. The van der Waals surface area contributed by atoms with Crippen LogP contribution in [0.25, 0.3) is 0 Å². The van der Waals surface area contributed by atoms with E-state index in [9.17, 15) is 4.79 Å². The van der Waals surface area contributed by atoms with Crippen LogP contribution in [0.15, 0.2) is 0 Å². The number of nitrogens with one attached hydrogen (secondary N) is 2. The molecule has 2 atom stereocenters. The van der Waals surface area contributed by atoms with Crippen LogP contribution < -0.4 is 10.6 Å². The first kappa shape index (κ1) is 12.5. The van der Waals surface area contributed by atoms with Crippen molar-refractivity contribution in [2.24, 2.45) is 11.8 Å². The van der Waals surface area contributed by atoms with Crippen molar-refractivity contribution in [2.45, 2.75) is 26.3 Å². The molecular weight excluding hydrogens is 192 g/mol. The highest BCUT2D eigenvalue weighted by molar-refractivity contribution is 5.80. The van der Waals surface area contributed by atoms with E-state index in [-0.39, 0.29) is 17.4 Å². The third kappa shape index (κ3) is 3.47. The van der Waals surface area contributed by atoms with Crippen molar-refractivity contribution in [2.75, 3.05) is 26.8 Å². The van der Waals surface area contributed by atoms with Gasteiger partial charge in [0.1, 0.15) is 0 Å². The number of rotatable bonds is 4. The largest absolute Gasteiger partial charge is 0.382 e. The number of hydrogen-bond acceptors (Lipinski definition) is 3. The minimum Gasteiger partial charge on any atom is -0.382 e. The molecular formula is C11H22N2O2. The zero-order chi connectivity index (χ0) is 11.5.